The van der Waals surface area contributed by atoms with Crippen molar-refractivity contribution in [3.8, 4) is 17.0 Å². The SMILES string of the molecule is CC(=O)c1ccc(OCC(=O)Nc2nc(-c3c(C)cc(C)cc3C)cs2)cc1. The van der Waals surface area contributed by atoms with Crippen molar-refractivity contribution in [3.05, 3.63) is 64.0 Å². The number of carbonyl (C=O) groups is 2. The highest BCUT2D eigenvalue weighted by Crippen LogP contribution is 2.31. The van der Waals surface area contributed by atoms with Crippen molar-refractivity contribution in [2.75, 3.05) is 11.9 Å². The van der Waals surface area contributed by atoms with Crippen LogP contribution >= 0.6 is 11.3 Å². The molecule has 2 aromatic carbocycles. The van der Waals surface area contributed by atoms with Gasteiger partial charge in [-0.15, -0.1) is 11.3 Å². The number of nitrogens with zero attached hydrogens (tertiary/aromatic N) is 1. The van der Waals surface area contributed by atoms with E-state index >= 15 is 0 Å². The summed E-state index contributed by atoms with van der Waals surface area (Å²) in [4.78, 5) is 28.0. The fourth-order valence-corrected chi connectivity index (χ4v) is 3.84. The minimum Gasteiger partial charge on any atom is -0.484 e. The van der Waals surface area contributed by atoms with Crippen LogP contribution in [0.3, 0.4) is 0 Å². The van der Waals surface area contributed by atoms with Crippen LogP contribution in [0.2, 0.25) is 0 Å². The van der Waals surface area contributed by atoms with Crippen LogP contribution in [0.4, 0.5) is 5.13 Å². The predicted octanol–water partition coefficient (Wildman–Crippen LogP) is 4.96. The quantitative estimate of drug-likeness (QED) is 0.600. The fourth-order valence-electron chi connectivity index (χ4n) is 3.12. The number of anilines is 1. The molecule has 0 fully saturated rings. The molecule has 0 unspecified atom stereocenters. The minimum absolute atomic E-state index is 0.0112. The molecule has 0 aliphatic carbocycles. The number of thiazole rings is 1. The maximum atomic E-state index is 12.2. The average Bonchev–Trinajstić information content (AvgIpc) is 3.07. The summed E-state index contributed by atoms with van der Waals surface area (Å²) < 4.78 is 5.47. The number of hydrogen-bond acceptors (Lipinski definition) is 5. The van der Waals surface area contributed by atoms with E-state index in [1.165, 1.54) is 23.8 Å². The van der Waals surface area contributed by atoms with Gasteiger partial charge >= 0.3 is 0 Å². The first-order chi connectivity index (χ1) is 13.3. The van der Waals surface area contributed by atoms with Crippen molar-refractivity contribution in [1.82, 2.24) is 4.98 Å². The summed E-state index contributed by atoms with van der Waals surface area (Å²) in [6.07, 6.45) is 0. The van der Waals surface area contributed by atoms with E-state index in [4.69, 9.17) is 4.74 Å². The molecule has 0 radical (unpaired) electrons. The summed E-state index contributed by atoms with van der Waals surface area (Å²) in [5.74, 6) is 0.239. The van der Waals surface area contributed by atoms with Crippen LogP contribution in [-0.4, -0.2) is 23.3 Å². The van der Waals surface area contributed by atoms with E-state index in [-0.39, 0.29) is 18.3 Å². The van der Waals surface area contributed by atoms with Gasteiger partial charge < -0.3 is 4.74 Å². The third-order valence-electron chi connectivity index (χ3n) is 4.31. The zero-order valence-corrected chi connectivity index (χ0v) is 17.1. The van der Waals surface area contributed by atoms with E-state index in [0.717, 1.165) is 22.4 Å². The Bertz CT molecular complexity index is 1000. The molecule has 5 nitrogen and oxygen atoms in total. The third-order valence-corrected chi connectivity index (χ3v) is 5.07. The maximum Gasteiger partial charge on any atom is 0.264 e. The second kappa shape index (κ2) is 8.35. The molecule has 1 amide bonds. The Morgan fingerprint density at radius 3 is 2.32 bits per heavy atom. The van der Waals surface area contributed by atoms with E-state index in [0.29, 0.717) is 16.4 Å². The largest absolute Gasteiger partial charge is 0.484 e. The van der Waals surface area contributed by atoms with Gasteiger partial charge in [-0.2, -0.15) is 0 Å². The first kappa shape index (κ1) is 19.8. The molecule has 0 spiro atoms. The Labute approximate surface area is 168 Å². The first-order valence-corrected chi connectivity index (χ1v) is 9.79. The fraction of sp³-hybridized carbons (Fsp3) is 0.227. The summed E-state index contributed by atoms with van der Waals surface area (Å²) >= 11 is 1.39. The van der Waals surface area contributed by atoms with Crippen molar-refractivity contribution in [2.24, 2.45) is 0 Å². The highest BCUT2D eigenvalue weighted by Gasteiger charge is 2.13. The third kappa shape index (κ3) is 4.64. The van der Waals surface area contributed by atoms with E-state index in [1.54, 1.807) is 24.3 Å². The highest BCUT2D eigenvalue weighted by atomic mass is 32.1. The molecule has 6 heteroatoms. The molecule has 144 valence electrons. The summed E-state index contributed by atoms with van der Waals surface area (Å²) in [6.45, 7) is 7.59. The van der Waals surface area contributed by atoms with Crippen LogP contribution in [0.1, 0.15) is 34.0 Å². The Hall–Kier alpha value is -2.99. The number of aromatic nitrogens is 1. The Morgan fingerprint density at radius 2 is 1.71 bits per heavy atom. The highest BCUT2D eigenvalue weighted by molar-refractivity contribution is 7.14. The minimum atomic E-state index is -0.283. The number of rotatable bonds is 6. The molecule has 0 saturated carbocycles. The Kier molecular flexibility index (Phi) is 5.90. The molecule has 1 N–H and O–H groups in total. The van der Waals surface area contributed by atoms with E-state index in [9.17, 15) is 9.59 Å². The smallest absolute Gasteiger partial charge is 0.264 e. The van der Waals surface area contributed by atoms with E-state index in [2.05, 4.69) is 43.2 Å². The lowest BCUT2D eigenvalue weighted by atomic mass is 9.98. The van der Waals surface area contributed by atoms with Crippen molar-refractivity contribution in [1.29, 1.82) is 0 Å². The number of Topliss-reactive ketones (excluding diaryl/α,β-unsaturated/α-hetero) is 1. The van der Waals surface area contributed by atoms with Gasteiger partial charge in [-0.25, -0.2) is 4.98 Å². The number of benzene rings is 2. The molecule has 3 rings (SSSR count). The van der Waals surface area contributed by atoms with Gasteiger partial charge in [0.05, 0.1) is 5.69 Å². The van der Waals surface area contributed by atoms with Gasteiger partial charge in [0.2, 0.25) is 0 Å². The normalized spacial score (nSPS) is 10.6. The topological polar surface area (TPSA) is 68.3 Å². The van der Waals surface area contributed by atoms with Gasteiger partial charge in [0.25, 0.3) is 5.91 Å². The molecule has 0 aliphatic rings. The second-order valence-corrected chi connectivity index (χ2v) is 7.59. The molecule has 3 aromatic rings. The predicted molar refractivity (Wildman–Crippen MR) is 112 cm³/mol. The average molecular weight is 394 g/mol. The van der Waals surface area contributed by atoms with Gasteiger partial charge in [-0.1, -0.05) is 17.7 Å². The van der Waals surface area contributed by atoms with Crippen molar-refractivity contribution in [3.63, 3.8) is 0 Å². The molecule has 0 bridgehead atoms. The second-order valence-electron chi connectivity index (χ2n) is 6.73. The Balaban J connectivity index is 1.62. The number of nitrogens with one attached hydrogen (secondary N) is 1. The summed E-state index contributed by atoms with van der Waals surface area (Å²) in [5.41, 5.74) is 6.11. The number of carbonyl (C=O) groups excluding carboxylic acids is 2. The molecule has 0 saturated heterocycles. The van der Waals surface area contributed by atoms with Gasteiger partial charge in [-0.05, 0) is 63.1 Å². The zero-order valence-electron chi connectivity index (χ0n) is 16.3. The van der Waals surface area contributed by atoms with Crippen LogP contribution in [-0.2, 0) is 4.79 Å². The number of amides is 1. The van der Waals surface area contributed by atoms with Crippen molar-refractivity contribution < 1.29 is 14.3 Å². The summed E-state index contributed by atoms with van der Waals surface area (Å²) in [6, 6.07) is 11.0. The summed E-state index contributed by atoms with van der Waals surface area (Å²) in [7, 11) is 0. The first-order valence-electron chi connectivity index (χ1n) is 8.91. The molecule has 0 atom stereocenters. The zero-order chi connectivity index (χ0) is 20.3. The van der Waals surface area contributed by atoms with Gasteiger partial charge in [-0.3, -0.25) is 14.9 Å². The van der Waals surface area contributed by atoms with E-state index in [1.807, 2.05) is 5.38 Å². The lowest BCUT2D eigenvalue weighted by Gasteiger charge is -2.09. The van der Waals surface area contributed by atoms with Crippen LogP contribution in [0.25, 0.3) is 11.3 Å². The molecule has 28 heavy (non-hydrogen) atoms. The van der Waals surface area contributed by atoms with Crippen LogP contribution in [0.5, 0.6) is 5.75 Å². The molecular formula is C22H22N2O3S. The summed E-state index contributed by atoms with van der Waals surface area (Å²) in [5, 5.41) is 5.25. The van der Waals surface area contributed by atoms with Crippen LogP contribution in [0.15, 0.2) is 41.8 Å². The van der Waals surface area contributed by atoms with Crippen LogP contribution < -0.4 is 10.1 Å². The van der Waals surface area contributed by atoms with Crippen LogP contribution in [0, 0.1) is 20.8 Å². The van der Waals surface area contributed by atoms with Gasteiger partial charge in [0, 0.05) is 16.5 Å². The molecule has 0 aliphatic heterocycles. The van der Waals surface area contributed by atoms with Gasteiger partial charge in [0.1, 0.15) is 5.75 Å². The van der Waals surface area contributed by atoms with Crippen molar-refractivity contribution >= 4 is 28.2 Å². The monoisotopic (exact) mass is 394 g/mol. The lowest BCUT2D eigenvalue weighted by molar-refractivity contribution is -0.118. The number of aryl methyl sites for hydroxylation is 3. The lowest BCUT2D eigenvalue weighted by Crippen LogP contribution is -2.20. The standard InChI is InChI=1S/C22H22N2O3S/c1-13-9-14(2)21(15(3)10-13)19-12-28-22(23-19)24-20(26)11-27-18-7-5-17(6-8-18)16(4)25/h5-10,12H,11H2,1-4H3,(H,23,24,26). The van der Waals surface area contributed by atoms with Crippen molar-refractivity contribution in [2.45, 2.75) is 27.7 Å². The number of ether oxygens (including phenoxy) is 1. The van der Waals surface area contributed by atoms with E-state index < -0.39 is 0 Å². The maximum absolute atomic E-state index is 12.2. The molecule has 1 heterocycles. The molecular weight excluding hydrogens is 372 g/mol. The number of hydrogen-bond donors (Lipinski definition) is 1. The molecule has 1 aromatic heterocycles. The number of ketones is 1. The van der Waals surface area contributed by atoms with Gasteiger partial charge in [0.15, 0.2) is 17.5 Å². The Morgan fingerprint density at radius 1 is 1.07 bits per heavy atom.